The van der Waals surface area contributed by atoms with Gasteiger partial charge in [0.1, 0.15) is 11.9 Å². The SMILES string of the molecule is CCc1ccc(C(O)c2cc(F)ccc2Cl)cc1. The van der Waals surface area contributed by atoms with Crippen molar-refractivity contribution in [3.05, 3.63) is 70.0 Å². The van der Waals surface area contributed by atoms with Gasteiger partial charge in [-0.1, -0.05) is 42.8 Å². The first kappa shape index (κ1) is 13.1. The Morgan fingerprint density at radius 1 is 1.17 bits per heavy atom. The molecule has 0 aliphatic heterocycles. The number of aliphatic hydroxyl groups is 1. The smallest absolute Gasteiger partial charge is 0.123 e. The van der Waals surface area contributed by atoms with Crippen molar-refractivity contribution >= 4 is 11.6 Å². The summed E-state index contributed by atoms with van der Waals surface area (Å²) in [5.74, 6) is -0.404. The third-order valence-electron chi connectivity index (χ3n) is 2.96. The molecule has 0 bridgehead atoms. The molecular weight excluding hydrogens is 251 g/mol. The monoisotopic (exact) mass is 264 g/mol. The van der Waals surface area contributed by atoms with Crippen molar-refractivity contribution in [2.24, 2.45) is 0 Å². The fraction of sp³-hybridized carbons (Fsp3) is 0.200. The van der Waals surface area contributed by atoms with Crippen molar-refractivity contribution in [3.63, 3.8) is 0 Å². The minimum Gasteiger partial charge on any atom is -0.384 e. The van der Waals surface area contributed by atoms with Gasteiger partial charge in [0.05, 0.1) is 0 Å². The highest BCUT2D eigenvalue weighted by Gasteiger charge is 2.14. The Morgan fingerprint density at radius 2 is 1.83 bits per heavy atom. The highest BCUT2D eigenvalue weighted by atomic mass is 35.5. The van der Waals surface area contributed by atoms with Crippen LogP contribution >= 0.6 is 11.6 Å². The second-order valence-electron chi connectivity index (χ2n) is 4.16. The van der Waals surface area contributed by atoms with E-state index in [1.807, 2.05) is 24.3 Å². The number of aliphatic hydroxyl groups excluding tert-OH is 1. The van der Waals surface area contributed by atoms with Crippen molar-refractivity contribution in [1.82, 2.24) is 0 Å². The predicted molar refractivity (Wildman–Crippen MR) is 71.3 cm³/mol. The Hall–Kier alpha value is -1.38. The van der Waals surface area contributed by atoms with Crippen LogP contribution in [0.4, 0.5) is 4.39 Å². The molecule has 2 aromatic carbocycles. The van der Waals surface area contributed by atoms with E-state index in [0.29, 0.717) is 16.1 Å². The summed E-state index contributed by atoms with van der Waals surface area (Å²) in [5.41, 5.74) is 2.29. The zero-order valence-electron chi connectivity index (χ0n) is 10.0. The van der Waals surface area contributed by atoms with Crippen molar-refractivity contribution < 1.29 is 9.50 Å². The second kappa shape index (κ2) is 5.51. The number of hydrogen-bond donors (Lipinski definition) is 1. The Balaban J connectivity index is 2.34. The van der Waals surface area contributed by atoms with E-state index in [1.54, 1.807) is 0 Å². The molecule has 94 valence electrons. The molecule has 0 amide bonds. The summed E-state index contributed by atoms with van der Waals surface area (Å²) in [6, 6.07) is 11.6. The molecule has 0 saturated heterocycles. The van der Waals surface area contributed by atoms with Gasteiger partial charge in [0.2, 0.25) is 0 Å². The molecule has 1 atom stereocenters. The molecule has 2 aromatic rings. The Kier molecular flexibility index (Phi) is 4.00. The molecule has 0 heterocycles. The van der Waals surface area contributed by atoms with Gasteiger partial charge < -0.3 is 5.11 Å². The number of benzene rings is 2. The lowest BCUT2D eigenvalue weighted by Gasteiger charge is -2.13. The maximum Gasteiger partial charge on any atom is 0.123 e. The average Bonchev–Trinajstić information content (AvgIpc) is 2.41. The van der Waals surface area contributed by atoms with Crippen molar-refractivity contribution in [3.8, 4) is 0 Å². The standard InChI is InChI=1S/C15H14ClFO/c1-2-10-3-5-11(6-4-10)15(18)13-9-12(17)7-8-14(13)16/h3-9,15,18H,2H2,1H3. The van der Waals surface area contributed by atoms with Crippen LogP contribution in [0, 0.1) is 5.82 Å². The fourth-order valence-electron chi connectivity index (χ4n) is 1.84. The molecule has 0 spiro atoms. The molecule has 18 heavy (non-hydrogen) atoms. The minimum atomic E-state index is -0.904. The van der Waals surface area contributed by atoms with Crippen molar-refractivity contribution in [2.45, 2.75) is 19.4 Å². The number of halogens is 2. The van der Waals surface area contributed by atoms with E-state index in [9.17, 15) is 9.50 Å². The zero-order valence-corrected chi connectivity index (χ0v) is 10.8. The van der Waals surface area contributed by atoms with E-state index in [-0.39, 0.29) is 0 Å². The molecule has 0 saturated carbocycles. The average molecular weight is 265 g/mol. The first-order valence-electron chi connectivity index (χ1n) is 5.83. The predicted octanol–water partition coefficient (Wildman–Crippen LogP) is 4.12. The highest BCUT2D eigenvalue weighted by molar-refractivity contribution is 6.31. The molecule has 0 aliphatic carbocycles. The number of hydrogen-bond acceptors (Lipinski definition) is 1. The topological polar surface area (TPSA) is 20.2 Å². The van der Waals surface area contributed by atoms with E-state index in [0.717, 1.165) is 6.42 Å². The molecule has 1 N–H and O–H groups in total. The Bertz CT molecular complexity index is 537. The van der Waals surface area contributed by atoms with Crippen molar-refractivity contribution in [1.29, 1.82) is 0 Å². The normalized spacial score (nSPS) is 12.4. The molecular formula is C15H14ClFO. The van der Waals surface area contributed by atoms with Gasteiger partial charge in [0, 0.05) is 10.6 Å². The van der Waals surface area contributed by atoms with Crippen LogP contribution in [-0.2, 0) is 6.42 Å². The zero-order chi connectivity index (χ0) is 13.1. The maximum absolute atomic E-state index is 13.2. The van der Waals surface area contributed by atoms with Crippen LogP contribution in [0.2, 0.25) is 5.02 Å². The van der Waals surface area contributed by atoms with Crippen LogP contribution in [0.25, 0.3) is 0 Å². The number of rotatable bonds is 3. The van der Waals surface area contributed by atoms with Gasteiger partial charge in [-0.15, -0.1) is 0 Å². The summed E-state index contributed by atoms with van der Waals surface area (Å²) < 4.78 is 13.2. The van der Waals surface area contributed by atoms with Gasteiger partial charge in [0.25, 0.3) is 0 Å². The first-order valence-corrected chi connectivity index (χ1v) is 6.21. The molecule has 1 nitrogen and oxygen atoms in total. The lowest BCUT2D eigenvalue weighted by molar-refractivity contribution is 0.220. The summed E-state index contributed by atoms with van der Waals surface area (Å²) in [6.45, 7) is 2.06. The van der Waals surface area contributed by atoms with Crippen LogP contribution in [-0.4, -0.2) is 5.11 Å². The fourth-order valence-corrected chi connectivity index (χ4v) is 2.06. The van der Waals surface area contributed by atoms with Crippen LogP contribution in [0.5, 0.6) is 0 Å². The maximum atomic E-state index is 13.2. The molecule has 0 aromatic heterocycles. The highest BCUT2D eigenvalue weighted by Crippen LogP contribution is 2.29. The van der Waals surface area contributed by atoms with Gasteiger partial charge in [-0.2, -0.15) is 0 Å². The van der Waals surface area contributed by atoms with E-state index >= 15 is 0 Å². The van der Waals surface area contributed by atoms with Crippen LogP contribution in [0.3, 0.4) is 0 Å². The lowest BCUT2D eigenvalue weighted by atomic mass is 10.00. The van der Waals surface area contributed by atoms with Crippen LogP contribution in [0.15, 0.2) is 42.5 Å². The third kappa shape index (κ3) is 2.71. The van der Waals surface area contributed by atoms with Crippen LogP contribution in [0.1, 0.15) is 29.7 Å². The van der Waals surface area contributed by atoms with Gasteiger partial charge in [0.15, 0.2) is 0 Å². The van der Waals surface area contributed by atoms with Gasteiger partial charge in [-0.05, 0) is 35.7 Å². The van der Waals surface area contributed by atoms with Gasteiger partial charge in [-0.3, -0.25) is 0 Å². The third-order valence-corrected chi connectivity index (χ3v) is 3.30. The Morgan fingerprint density at radius 3 is 2.44 bits per heavy atom. The van der Waals surface area contributed by atoms with Gasteiger partial charge >= 0.3 is 0 Å². The first-order chi connectivity index (χ1) is 8.61. The van der Waals surface area contributed by atoms with E-state index in [1.165, 1.54) is 23.8 Å². The van der Waals surface area contributed by atoms with E-state index < -0.39 is 11.9 Å². The lowest BCUT2D eigenvalue weighted by Crippen LogP contribution is -2.01. The van der Waals surface area contributed by atoms with Crippen LogP contribution < -0.4 is 0 Å². The molecule has 0 aliphatic rings. The summed E-state index contributed by atoms with van der Waals surface area (Å²) in [7, 11) is 0. The molecule has 2 rings (SSSR count). The molecule has 0 fully saturated rings. The summed E-state index contributed by atoms with van der Waals surface area (Å²) in [5, 5.41) is 10.6. The second-order valence-corrected chi connectivity index (χ2v) is 4.57. The largest absolute Gasteiger partial charge is 0.384 e. The quantitative estimate of drug-likeness (QED) is 0.884. The van der Waals surface area contributed by atoms with Crippen molar-refractivity contribution in [2.75, 3.05) is 0 Å². The summed E-state index contributed by atoms with van der Waals surface area (Å²) >= 11 is 5.97. The minimum absolute atomic E-state index is 0.364. The van der Waals surface area contributed by atoms with E-state index in [4.69, 9.17) is 11.6 Å². The van der Waals surface area contributed by atoms with Gasteiger partial charge in [-0.25, -0.2) is 4.39 Å². The summed E-state index contributed by atoms with van der Waals surface area (Å²) in [6.07, 6.45) is 0.0380. The summed E-state index contributed by atoms with van der Waals surface area (Å²) in [4.78, 5) is 0. The number of aryl methyl sites for hydroxylation is 1. The molecule has 0 radical (unpaired) electrons. The molecule has 3 heteroatoms. The van der Waals surface area contributed by atoms with E-state index in [2.05, 4.69) is 6.92 Å². The Labute approximate surface area is 111 Å². The molecule has 1 unspecified atom stereocenters.